The van der Waals surface area contributed by atoms with Gasteiger partial charge in [-0.2, -0.15) is 0 Å². The molecule has 80 valence electrons. The summed E-state index contributed by atoms with van der Waals surface area (Å²) in [5, 5.41) is 2.61. The molecule has 1 aromatic carbocycles. The molecule has 15 heavy (non-hydrogen) atoms. The summed E-state index contributed by atoms with van der Waals surface area (Å²) in [7, 11) is 0. The average Bonchev–Trinajstić information content (AvgIpc) is 2.18. The molecule has 5 N–H and O–H groups in total. The second-order valence-electron chi connectivity index (χ2n) is 2.85. The largest absolute Gasteiger partial charge is 0.397 e. The molecule has 0 atom stereocenters. The van der Waals surface area contributed by atoms with E-state index in [0.717, 1.165) is 0 Å². The van der Waals surface area contributed by atoms with Crippen molar-refractivity contribution >= 4 is 29.1 Å². The Labute approximate surface area is 91.4 Å². The zero-order valence-corrected chi connectivity index (χ0v) is 8.54. The number of para-hydroxylation sites is 1. The van der Waals surface area contributed by atoms with Gasteiger partial charge in [0.1, 0.15) is 0 Å². The molecule has 2 amide bonds. The van der Waals surface area contributed by atoms with Crippen molar-refractivity contribution in [2.45, 2.75) is 0 Å². The summed E-state index contributed by atoms with van der Waals surface area (Å²) >= 11 is 5.72. The van der Waals surface area contributed by atoms with Gasteiger partial charge in [-0.05, 0) is 12.1 Å². The van der Waals surface area contributed by atoms with Crippen LogP contribution in [0, 0.1) is 0 Å². The molecule has 0 aliphatic rings. The molecule has 0 aliphatic carbocycles. The smallest absolute Gasteiger partial charge is 0.253 e. The summed E-state index contributed by atoms with van der Waals surface area (Å²) in [6.07, 6.45) is 0. The SMILES string of the molecule is NC(=O)CNC(=O)c1cccc(Cl)c1N. The van der Waals surface area contributed by atoms with Crippen molar-refractivity contribution in [2.75, 3.05) is 12.3 Å². The Morgan fingerprint density at radius 3 is 2.67 bits per heavy atom. The number of rotatable bonds is 3. The maximum absolute atomic E-state index is 11.5. The van der Waals surface area contributed by atoms with E-state index in [1.165, 1.54) is 6.07 Å². The Morgan fingerprint density at radius 1 is 1.40 bits per heavy atom. The monoisotopic (exact) mass is 227 g/mol. The number of carbonyl (C=O) groups is 2. The van der Waals surface area contributed by atoms with E-state index >= 15 is 0 Å². The quantitative estimate of drug-likeness (QED) is 0.641. The van der Waals surface area contributed by atoms with Gasteiger partial charge in [-0.3, -0.25) is 9.59 Å². The fraction of sp³-hybridized carbons (Fsp3) is 0.111. The van der Waals surface area contributed by atoms with Crippen molar-refractivity contribution in [3.05, 3.63) is 28.8 Å². The van der Waals surface area contributed by atoms with Crippen molar-refractivity contribution < 1.29 is 9.59 Å². The van der Waals surface area contributed by atoms with Gasteiger partial charge in [-0.25, -0.2) is 0 Å². The van der Waals surface area contributed by atoms with Gasteiger partial charge in [0.15, 0.2) is 0 Å². The van der Waals surface area contributed by atoms with E-state index < -0.39 is 11.8 Å². The fourth-order valence-corrected chi connectivity index (χ4v) is 1.17. The first-order chi connectivity index (χ1) is 7.02. The normalized spacial score (nSPS) is 9.67. The van der Waals surface area contributed by atoms with Gasteiger partial charge >= 0.3 is 0 Å². The second kappa shape index (κ2) is 4.65. The molecule has 0 fully saturated rings. The van der Waals surface area contributed by atoms with Gasteiger partial charge in [0.2, 0.25) is 5.91 Å². The van der Waals surface area contributed by atoms with Gasteiger partial charge in [-0.15, -0.1) is 0 Å². The van der Waals surface area contributed by atoms with Crippen LogP contribution < -0.4 is 16.8 Å². The van der Waals surface area contributed by atoms with E-state index in [1.807, 2.05) is 0 Å². The van der Waals surface area contributed by atoms with Crippen LogP contribution in [-0.2, 0) is 4.79 Å². The highest BCUT2D eigenvalue weighted by Crippen LogP contribution is 2.21. The van der Waals surface area contributed by atoms with Crippen LogP contribution >= 0.6 is 11.6 Å². The zero-order valence-electron chi connectivity index (χ0n) is 7.79. The van der Waals surface area contributed by atoms with Crippen molar-refractivity contribution in [3.63, 3.8) is 0 Å². The molecule has 0 unspecified atom stereocenters. The molecule has 0 aliphatic heterocycles. The maximum Gasteiger partial charge on any atom is 0.253 e. The second-order valence-corrected chi connectivity index (χ2v) is 3.26. The third kappa shape index (κ3) is 2.85. The standard InChI is InChI=1S/C9H10ClN3O2/c10-6-3-1-2-5(8(6)12)9(15)13-4-7(11)14/h1-3H,4,12H2,(H2,11,14)(H,13,15). The van der Waals surface area contributed by atoms with Crippen LogP contribution in [0.3, 0.4) is 0 Å². The Morgan fingerprint density at radius 2 is 2.07 bits per heavy atom. The average molecular weight is 228 g/mol. The van der Waals surface area contributed by atoms with Gasteiger partial charge in [0, 0.05) is 0 Å². The first-order valence-corrected chi connectivity index (χ1v) is 4.50. The number of amides is 2. The van der Waals surface area contributed by atoms with Crippen molar-refractivity contribution in [1.29, 1.82) is 0 Å². The lowest BCUT2D eigenvalue weighted by atomic mass is 10.1. The number of nitrogens with one attached hydrogen (secondary N) is 1. The van der Waals surface area contributed by atoms with E-state index in [0.29, 0.717) is 5.02 Å². The van der Waals surface area contributed by atoms with E-state index in [2.05, 4.69) is 5.32 Å². The molecule has 0 bridgehead atoms. The first-order valence-electron chi connectivity index (χ1n) is 4.13. The molecular weight excluding hydrogens is 218 g/mol. The summed E-state index contributed by atoms with van der Waals surface area (Å²) in [4.78, 5) is 21.9. The summed E-state index contributed by atoms with van der Waals surface area (Å²) in [5.41, 5.74) is 10.9. The third-order valence-electron chi connectivity index (χ3n) is 1.72. The number of primary amides is 1. The lowest BCUT2D eigenvalue weighted by molar-refractivity contribution is -0.117. The molecule has 5 nitrogen and oxygen atoms in total. The predicted molar refractivity (Wildman–Crippen MR) is 57.4 cm³/mol. The number of nitrogen functional groups attached to an aromatic ring is 1. The van der Waals surface area contributed by atoms with Gasteiger partial charge in [-0.1, -0.05) is 17.7 Å². The zero-order chi connectivity index (χ0) is 11.4. The molecule has 6 heteroatoms. The van der Waals surface area contributed by atoms with E-state index in [9.17, 15) is 9.59 Å². The summed E-state index contributed by atoms with van der Waals surface area (Å²) in [6, 6.07) is 4.68. The summed E-state index contributed by atoms with van der Waals surface area (Å²) in [5.74, 6) is -1.10. The first kappa shape index (κ1) is 11.3. The highest BCUT2D eigenvalue weighted by molar-refractivity contribution is 6.33. The number of hydrogen-bond donors (Lipinski definition) is 3. The van der Waals surface area contributed by atoms with Crippen molar-refractivity contribution in [3.8, 4) is 0 Å². The van der Waals surface area contributed by atoms with E-state index in [-0.39, 0.29) is 17.8 Å². The van der Waals surface area contributed by atoms with Crippen molar-refractivity contribution in [2.24, 2.45) is 5.73 Å². The van der Waals surface area contributed by atoms with Gasteiger partial charge in [0.05, 0.1) is 22.8 Å². The molecule has 0 saturated carbocycles. The van der Waals surface area contributed by atoms with Gasteiger partial charge in [0.25, 0.3) is 5.91 Å². The Balaban J connectivity index is 2.82. The highest BCUT2D eigenvalue weighted by Gasteiger charge is 2.11. The lowest BCUT2D eigenvalue weighted by Gasteiger charge is -2.06. The minimum absolute atomic E-state index is 0.182. The fourth-order valence-electron chi connectivity index (χ4n) is 0.998. The number of hydrogen-bond acceptors (Lipinski definition) is 3. The Kier molecular flexibility index (Phi) is 3.51. The summed E-state index contributed by atoms with van der Waals surface area (Å²) in [6.45, 7) is -0.231. The van der Waals surface area contributed by atoms with Crippen LogP contribution in [-0.4, -0.2) is 18.4 Å². The molecule has 0 saturated heterocycles. The third-order valence-corrected chi connectivity index (χ3v) is 2.05. The molecule has 1 aromatic rings. The number of halogens is 1. The topological polar surface area (TPSA) is 98.2 Å². The van der Waals surface area contributed by atoms with Crippen molar-refractivity contribution in [1.82, 2.24) is 5.32 Å². The molecule has 0 aromatic heterocycles. The van der Waals surface area contributed by atoms with Crippen LogP contribution in [0.2, 0.25) is 5.02 Å². The van der Waals surface area contributed by atoms with Crippen LogP contribution in [0.1, 0.15) is 10.4 Å². The number of nitrogens with two attached hydrogens (primary N) is 2. The molecule has 0 heterocycles. The molecule has 0 spiro atoms. The van der Waals surface area contributed by atoms with Crippen LogP contribution in [0.25, 0.3) is 0 Å². The molecule has 1 rings (SSSR count). The lowest BCUT2D eigenvalue weighted by Crippen LogP contribution is -2.33. The Hall–Kier alpha value is -1.75. The Bertz CT molecular complexity index is 406. The minimum atomic E-state index is -0.621. The minimum Gasteiger partial charge on any atom is -0.397 e. The number of carbonyl (C=O) groups excluding carboxylic acids is 2. The predicted octanol–water partition coefficient (Wildman–Crippen LogP) is 0.137. The summed E-state index contributed by atoms with van der Waals surface area (Å²) < 4.78 is 0. The van der Waals surface area contributed by atoms with Crippen LogP contribution in [0.15, 0.2) is 18.2 Å². The maximum atomic E-state index is 11.5. The number of benzene rings is 1. The van der Waals surface area contributed by atoms with Gasteiger partial charge < -0.3 is 16.8 Å². The molecular formula is C9H10ClN3O2. The van der Waals surface area contributed by atoms with E-state index in [4.69, 9.17) is 23.1 Å². The van der Waals surface area contributed by atoms with Crippen LogP contribution in [0.5, 0.6) is 0 Å². The number of anilines is 1. The highest BCUT2D eigenvalue weighted by atomic mass is 35.5. The molecule has 0 radical (unpaired) electrons. The van der Waals surface area contributed by atoms with E-state index in [1.54, 1.807) is 12.1 Å². The van der Waals surface area contributed by atoms with Crippen LogP contribution in [0.4, 0.5) is 5.69 Å².